The molecule has 40 heavy (non-hydrogen) atoms. The van der Waals surface area contributed by atoms with Crippen molar-refractivity contribution in [3.8, 4) is 11.5 Å². The standard InChI is InChI=1S/C29H28ClN3O6S/c1-4-39-28(36)19-6-10-21(11-7-19)31-27(35)25-16-26(34)33(17-18-5-14-23(37-2)24(15-18)38-3)29(40-25)32-22-12-8-20(30)9-13-22/h5-15,25H,4,16-17H2,1-3H3,(H,31,35). The van der Waals surface area contributed by atoms with Crippen LogP contribution in [0.4, 0.5) is 11.4 Å². The zero-order valence-corrected chi connectivity index (χ0v) is 23.8. The Morgan fingerprint density at radius 3 is 2.38 bits per heavy atom. The summed E-state index contributed by atoms with van der Waals surface area (Å²) in [7, 11) is 3.10. The van der Waals surface area contributed by atoms with Gasteiger partial charge in [0.15, 0.2) is 16.7 Å². The summed E-state index contributed by atoms with van der Waals surface area (Å²) in [5.41, 5.74) is 2.27. The van der Waals surface area contributed by atoms with Crippen LogP contribution in [0, 0.1) is 0 Å². The highest BCUT2D eigenvalue weighted by molar-refractivity contribution is 8.15. The minimum absolute atomic E-state index is 0.0235. The average Bonchev–Trinajstić information content (AvgIpc) is 2.96. The van der Waals surface area contributed by atoms with Crippen molar-refractivity contribution < 1.29 is 28.6 Å². The molecule has 1 N–H and O–H groups in total. The number of anilines is 1. The number of esters is 1. The van der Waals surface area contributed by atoms with Gasteiger partial charge in [0, 0.05) is 17.1 Å². The van der Waals surface area contributed by atoms with Crippen LogP contribution in [0.2, 0.25) is 5.02 Å². The summed E-state index contributed by atoms with van der Waals surface area (Å²) in [5.74, 6) is 0.0782. The van der Waals surface area contributed by atoms with E-state index in [9.17, 15) is 14.4 Å². The second kappa shape index (κ2) is 13.4. The molecule has 0 spiro atoms. The van der Waals surface area contributed by atoms with Gasteiger partial charge in [-0.25, -0.2) is 9.79 Å². The van der Waals surface area contributed by atoms with Gasteiger partial charge in [-0.2, -0.15) is 0 Å². The fraction of sp³-hybridized carbons (Fsp3) is 0.241. The molecule has 1 aliphatic rings. The molecule has 2 amide bonds. The van der Waals surface area contributed by atoms with Crippen LogP contribution >= 0.6 is 23.4 Å². The fourth-order valence-corrected chi connectivity index (χ4v) is 5.14. The summed E-state index contributed by atoms with van der Waals surface area (Å²) in [6, 6.07) is 18.7. The predicted octanol–water partition coefficient (Wildman–Crippen LogP) is 5.69. The summed E-state index contributed by atoms with van der Waals surface area (Å²) in [6.07, 6.45) is -0.0235. The van der Waals surface area contributed by atoms with Crippen LogP contribution in [0.15, 0.2) is 71.7 Å². The lowest BCUT2D eigenvalue weighted by molar-refractivity contribution is -0.129. The SMILES string of the molecule is CCOC(=O)c1ccc(NC(=O)C2CC(=O)N(Cc3ccc(OC)c(OC)c3)C(=Nc3ccc(Cl)cc3)S2)cc1. The van der Waals surface area contributed by atoms with Gasteiger partial charge in [0.2, 0.25) is 11.8 Å². The Labute approximate surface area is 241 Å². The molecule has 9 nitrogen and oxygen atoms in total. The number of hydrogen-bond acceptors (Lipinski definition) is 8. The number of hydrogen-bond donors (Lipinski definition) is 1. The van der Waals surface area contributed by atoms with Crippen LogP contribution < -0.4 is 14.8 Å². The van der Waals surface area contributed by atoms with Gasteiger partial charge in [-0.1, -0.05) is 29.4 Å². The number of thioether (sulfide) groups is 1. The van der Waals surface area contributed by atoms with Crippen molar-refractivity contribution in [2.24, 2.45) is 4.99 Å². The Bertz CT molecular complexity index is 1410. The number of ether oxygens (including phenoxy) is 3. The number of amides is 2. The molecule has 0 aliphatic carbocycles. The molecule has 3 aromatic carbocycles. The van der Waals surface area contributed by atoms with Gasteiger partial charge in [-0.15, -0.1) is 0 Å². The molecular weight excluding hydrogens is 554 g/mol. The molecule has 1 atom stereocenters. The highest BCUT2D eigenvalue weighted by Crippen LogP contribution is 2.33. The molecule has 1 unspecified atom stereocenters. The van der Waals surface area contributed by atoms with Gasteiger partial charge in [-0.3, -0.25) is 14.5 Å². The van der Waals surface area contributed by atoms with E-state index >= 15 is 0 Å². The fourth-order valence-electron chi connectivity index (χ4n) is 3.91. The van der Waals surface area contributed by atoms with Gasteiger partial charge >= 0.3 is 5.97 Å². The number of rotatable bonds is 9. The summed E-state index contributed by atoms with van der Waals surface area (Å²) in [6.45, 7) is 2.23. The van der Waals surface area contributed by atoms with E-state index < -0.39 is 11.2 Å². The molecule has 3 aromatic rings. The highest BCUT2D eigenvalue weighted by Gasteiger charge is 2.36. The quantitative estimate of drug-likeness (QED) is 0.323. The van der Waals surface area contributed by atoms with Crippen molar-refractivity contribution in [2.45, 2.75) is 25.1 Å². The van der Waals surface area contributed by atoms with E-state index in [-0.39, 0.29) is 31.4 Å². The van der Waals surface area contributed by atoms with Crippen molar-refractivity contribution in [1.82, 2.24) is 4.90 Å². The number of halogens is 1. The maximum absolute atomic E-state index is 13.4. The van der Waals surface area contributed by atoms with Crippen molar-refractivity contribution in [1.29, 1.82) is 0 Å². The molecule has 1 saturated heterocycles. The third-order valence-corrected chi connectivity index (χ3v) is 7.38. The molecule has 1 fully saturated rings. The van der Waals surface area contributed by atoms with Gasteiger partial charge in [0.25, 0.3) is 0 Å². The number of amidine groups is 1. The molecule has 0 bridgehead atoms. The third kappa shape index (κ3) is 7.13. The minimum Gasteiger partial charge on any atom is -0.493 e. The zero-order chi connectivity index (χ0) is 28.6. The number of carbonyl (C=O) groups is 3. The number of nitrogens with zero attached hydrogens (tertiary/aromatic N) is 2. The molecule has 4 rings (SSSR count). The maximum atomic E-state index is 13.4. The van der Waals surface area contributed by atoms with Gasteiger partial charge in [0.1, 0.15) is 5.25 Å². The van der Waals surface area contributed by atoms with E-state index in [1.54, 1.807) is 86.7 Å². The van der Waals surface area contributed by atoms with Crippen molar-refractivity contribution in [2.75, 3.05) is 26.1 Å². The van der Waals surface area contributed by atoms with Crippen LogP contribution in [0.1, 0.15) is 29.3 Å². The first-order valence-corrected chi connectivity index (χ1v) is 13.7. The van der Waals surface area contributed by atoms with E-state index in [1.165, 1.54) is 11.8 Å². The maximum Gasteiger partial charge on any atom is 0.338 e. The lowest BCUT2D eigenvalue weighted by atomic mass is 10.1. The van der Waals surface area contributed by atoms with Gasteiger partial charge < -0.3 is 19.5 Å². The van der Waals surface area contributed by atoms with Gasteiger partial charge in [-0.05, 0) is 73.2 Å². The molecule has 11 heteroatoms. The number of aliphatic imine (C=N–C) groups is 1. The first-order chi connectivity index (χ1) is 19.3. The van der Waals surface area contributed by atoms with Crippen LogP contribution in [0.25, 0.3) is 0 Å². The summed E-state index contributed by atoms with van der Waals surface area (Å²) >= 11 is 7.23. The van der Waals surface area contributed by atoms with Crippen molar-refractivity contribution in [3.63, 3.8) is 0 Å². The Hall–Kier alpha value is -4.02. The lowest BCUT2D eigenvalue weighted by Crippen LogP contribution is -2.44. The van der Waals surface area contributed by atoms with Gasteiger partial charge in [0.05, 0.1) is 38.6 Å². The Morgan fingerprint density at radius 1 is 1.02 bits per heavy atom. The van der Waals surface area contributed by atoms with E-state index in [1.807, 2.05) is 6.07 Å². The van der Waals surface area contributed by atoms with Crippen molar-refractivity contribution >= 4 is 57.7 Å². The van der Waals surface area contributed by atoms with Crippen LogP contribution in [-0.2, 0) is 20.9 Å². The molecule has 0 saturated carbocycles. The first-order valence-electron chi connectivity index (χ1n) is 12.4. The van der Waals surface area contributed by atoms with E-state index in [0.29, 0.717) is 38.6 Å². The van der Waals surface area contributed by atoms with Crippen molar-refractivity contribution in [3.05, 3.63) is 82.9 Å². The topological polar surface area (TPSA) is 107 Å². The third-order valence-electron chi connectivity index (χ3n) is 5.94. The summed E-state index contributed by atoms with van der Waals surface area (Å²) in [5, 5.41) is 3.05. The second-order valence-corrected chi connectivity index (χ2v) is 10.2. The largest absolute Gasteiger partial charge is 0.493 e. The Morgan fingerprint density at radius 2 is 1.73 bits per heavy atom. The van der Waals surface area contributed by atoms with E-state index in [0.717, 1.165) is 5.56 Å². The molecule has 208 valence electrons. The molecule has 0 aromatic heterocycles. The number of carbonyl (C=O) groups excluding carboxylic acids is 3. The predicted molar refractivity (Wildman–Crippen MR) is 156 cm³/mol. The second-order valence-electron chi connectivity index (χ2n) is 8.64. The first kappa shape index (κ1) is 29.0. The van der Waals surface area contributed by atoms with Crippen LogP contribution in [0.5, 0.6) is 11.5 Å². The smallest absolute Gasteiger partial charge is 0.338 e. The highest BCUT2D eigenvalue weighted by atomic mass is 35.5. The number of methoxy groups -OCH3 is 2. The van der Waals surface area contributed by atoms with Crippen LogP contribution in [-0.4, -0.2) is 53.9 Å². The molecule has 0 radical (unpaired) electrons. The summed E-state index contributed by atoms with van der Waals surface area (Å²) < 4.78 is 15.7. The Kier molecular flexibility index (Phi) is 9.68. The zero-order valence-electron chi connectivity index (χ0n) is 22.2. The van der Waals surface area contributed by atoms with E-state index in [4.69, 9.17) is 30.8 Å². The average molecular weight is 582 g/mol. The molecule has 1 aliphatic heterocycles. The van der Waals surface area contributed by atoms with Crippen LogP contribution in [0.3, 0.4) is 0 Å². The number of nitrogens with one attached hydrogen (secondary N) is 1. The van der Waals surface area contributed by atoms with E-state index in [2.05, 4.69) is 5.32 Å². The lowest BCUT2D eigenvalue weighted by Gasteiger charge is -2.32. The molecular formula is C29H28ClN3O6S. The normalized spacial score (nSPS) is 16.0. The monoisotopic (exact) mass is 581 g/mol. The molecule has 1 heterocycles. The number of benzene rings is 3. The summed E-state index contributed by atoms with van der Waals surface area (Å²) in [4.78, 5) is 44.8. The Balaban J connectivity index is 1.56. The minimum atomic E-state index is -0.718.